The lowest BCUT2D eigenvalue weighted by Crippen LogP contribution is -2.54. The standard InChI is InChI=1S/C17H28N2O3/c1-17(2,3)13-11-18(12-13)14(20)7-5-4-6-10-19-15(21)8-9-16(19)22/h8-9,13,15,21H,4-7,10-12H2,1-3H3. The van der Waals surface area contributed by atoms with Gasteiger partial charge in [-0.2, -0.15) is 0 Å². The van der Waals surface area contributed by atoms with E-state index < -0.39 is 6.23 Å². The number of hydrogen-bond acceptors (Lipinski definition) is 3. The van der Waals surface area contributed by atoms with Crippen molar-refractivity contribution in [1.82, 2.24) is 9.80 Å². The van der Waals surface area contributed by atoms with Crippen molar-refractivity contribution >= 4 is 11.8 Å². The van der Waals surface area contributed by atoms with Gasteiger partial charge in [-0.15, -0.1) is 0 Å². The Morgan fingerprint density at radius 3 is 2.50 bits per heavy atom. The third kappa shape index (κ3) is 4.09. The molecule has 22 heavy (non-hydrogen) atoms. The smallest absolute Gasteiger partial charge is 0.248 e. The van der Waals surface area contributed by atoms with E-state index in [1.807, 2.05) is 4.90 Å². The molecular formula is C17H28N2O3. The zero-order valence-electron chi connectivity index (χ0n) is 13.9. The first-order valence-electron chi connectivity index (χ1n) is 8.23. The Morgan fingerprint density at radius 1 is 1.27 bits per heavy atom. The van der Waals surface area contributed by atoms with Crippen molar-refractivity contribution in [1.29, 1.82) is 0 Å². The normalized spacial score (nSPS) is 22.4. The minimum absolute atomic E-state index is 0.127. The topological polar surface area (TPSA) is 60.9 Å². The molecule has 0 radical (unpaired) electrons. The molecule has 5 heteroatoms. The lowest BCUT2D eigenvalue weighted by Gasteiger charge is -2.46. The van der Waals surface area contributed by atoms with Gasteiger partial charge in [-0.05, 0) is 30.3 Å². The number of carbonyl (C=O) groups excluding carboxylic acids is 2. The van der Waals surface area contributed by atoms with E-state index in [2.05, 4.69) is 20.8 Å². The number of rotatable bonds is 6. The molecule has 2 aliphatic rings. The van der Waals surface area contributed by atoms with Crippen molar-refractivity contribution in [3.63, 3.8) is 0 Å². The lowest BCUT2D eigenvalue weighted by atomic mass is 9.76. The number of hydrogen-bond donors (Lipinski definition) is 1. The van der Waals surface area contributed by atoms with Crippen LogP contribution in [0.4, 0.5) is 0 Å². The quantitative estimate of drug-likeness (QED) is 0.761. The van der Waals surface area contributed by atoms with Crippen molar-refractivity contribution in [3.05, 3.63) is 12.2 Å². The van der Waals surface area contributed by atoms with E-state index in [1.54, 1.807) is 0 Å². The van der Waals surface area contributed by atoms with Crippen LogP contribution in [0.15, 0.2) is 12.2 Å². The van der Waals surface area contributed by atoms with Crippen LogP contribution in [0, 0.1) is 11.3 Å². The predicted octanol–water partition coefficient (Wildman–Crippen LogP) is 1.77. The first-order valence-corrected chi connectivity index (χ1v) is 8.23. The number of aliphatic hydroxyl groups excluding tert-OH is 1. The number of nitrogens with zero attached hydrogens (tertiary/aromatic N) is 2. The first kappa shape index (κ1) is 17.0. The molecule has 2 amide bonds. The van der Waals surface area contributed by atoms with E-state index in [0.717, 1.165) is 32.4 Å². The summed E-state index contributed by atoms with van der Waals surface area (Å²) >= 11 is 0. The fourth-order valence-electron chi connectivity index (χ4n) is 2.86. The van der Waals surface area contributed by atoms with Crippen LogP contribution in [0.1, 0.15) is 46.5 Å². The fourth-order valence-corrected chi connectivity index (χ4v) is 2.86. The van der Waals surface area contributed by atoms with Crippen LogP contribution >= 0.6 is 0 Å². The number of unbranched alkanes of at least 4 members (excludes halogenated alkanes) is 2. The third-order valence-corrected chi connectivity index (χ3v) is 4.76. The summed E-state index contributed by atoms with van der Waals surface area (Å²) in [5, 5.41) is 9.56. The second-order valence-electron chi connectivity index (χ2n) is 7.48. The maximum atomic E-state index is 12.0. The highest BCUT2D eigenvalue weighted by molar-refractivity contribution is 5.90. The second-order valence-corrected chi connectivity index (χ2v) is 7.48. The number of likely N-dealkylation sites (tertiary alicyclic amines) is 1. The van der Waals surface area contributed by atoms with Gasteiger partial charge in [0.15, 0.2) is 0 Å². The van der Waals surface area contributed by atoms with E-state index in [0.29, 0.717) is 18.9 Å². The Hall–Kier alpha value is -1.36. The molecule has 1 unspecified atom stereocenters. The molecule has 0 bridgehead atoms. The molecule has 1 saturated heterocycles. The van der Waals surface area contributed by atoms with Gasteiger partial charge < -0.3 is 14.9 Å². The minimum Gasteiger partial charge on any atom is -0.370 e. The van der Waals surface area contributed by atoms with Crippen LogP contribution < -0.4 is 0 Å². The summed E-state index contributed by atoms with van der Waals surface area (Å²) in [5.74, 6) is 0.739. The van der Waals surface area contributed by atoms with E-state index in [1.165, 1.54) is 17.1 Å². The second kappa shape index (κ2) is 6.82. The van der Waals surface area contributed by atoms with Crippen molar-refractivity contribution < 1.29 is 14.7 Å². The van der Waals surface area contributed by atoms with Crippen LogP contribution in [0.5, 0.6) is 0 Å². The summed E-state index contributed by atoms with van der Waals surface area (Å²) in [6.45, 7) is 9.01. The molecular weight excluding hydrogens is 280 g/mol. The van der Waals surface area contributed by atoms with Crippen LogP contribution in [-0.2, 0) is 9.59 Å². The number of amides is 2. The summed E-state index contributed by atoms with van der Waals surface area (Å²) in [6.07, 6.45) is 5.29. The van der Waals surface area contributed by atoms with Crippen molar-refractivity contribution in [2.75, 3.05) is 19.6 Å². The van der Waals surface area contributed by atoms with Crippen molar-refractivity contribution in [3.8, 4) is 0 Å². The van der Waals surface area contributed by atoms with Gasteiger partial charge in [0.25, 0.3) is 0 Å². The van der Waals surface area contributed by atoms with Crippen molar-refractivity contribution in [2.24, 2.45) is 11.3 Å². The van der Waals surface area contributed by atoms with E-state index in [-0.39, 0.29) is 17.2 Å². The highest BCUT2D eigenvalue weighted by Gasteiger charge is 2.37. The van der Waals surface area contributed by atoms with Gasteiger partial charge in [-0.1, -0.05) is 27.2 Å². The van der Waals surface area contributed by atoms with Crippen LogP contribution in [0.3, 0.4) is 0 Å². The van der Waals surface area contributed by atoms with Gasteiger partial charge in [-0.25, -0.2) is 0 Å². The Morgan fingerprint density at radius 2 is 1.95 bits per heavy atom. The molecule has 2 heterocycles. The molecule has 2 aliphatic heterocycles. The largest absolute Gasteiger partial charge is 0.370 e. The molecule has 1 N–H and O–H groups in total. The molecule has 0 aromatic carbocycles. The number of carbonyl (C=O) groups is 2. The summed E-state index contributed by atoms with van der Waals surface area (Å²) in [4.78, 5) is 26.9. The highest BCUT2D eigenvalue weighted by Crippen LogP contribution is 2.33. The SMILES string of the molecule is CC(C)(C)C1CN(C(=O)CCCCCN2C(=O)C=CC2O)C1. The zero-order chi connectivity index (χ0) is 16.3. The molecule has 0 saturated carbocycles. The maximum absolute atomic E-state index is 12.0. The van der Waals surface area contributed by atoms with E-state index >= 15 is 0 Å². The third-order valence-electron chi connectivity index (χ3n) is 4.76. The van der Waals surface area contributed by atoms with Crippen molar-refractivity contribution in [2.45, 2.75) is 52.7 Å². The average molecular weight is 308 g/mol. The zero-order valence-corrected chi connectivity index (χ0v) is 13.9. The van der Waals surface area contributed by atoms with Crippen LogP contribution in [0.2, 0.25) is 0 Å². The summed E-state index contributed by atoms with van der Waals surface area (Å²) < 4.78 is 0. The summed E-state index contributed by atoms with van der Waals surface area (Å²) in [5.41, 5.74) is 0.286. The highest BCUT2D eigenvalue weighted by atomic mass is 16.3. The molecule has 1 fully saturated rings. The average Bonchev–Trinajstić information content (AvgIpc) is 2.66. The molecule has 0 aromatic heterocycles. The van der Waals surface area contributed by atoms with Gasteiger partial charge in [0, 0.05) is 32.1 Å². The predicted molar refractivity (Wildman–Crippen MR) is 84.9 cm³/mol. The maximum Gasteiger partial charge on any atom is 0.248 e. The van der Waals surface area contributed by atoms with Crippen LogP contribution in [-0.4, -0.2) is 52.6 Å². The first-order chi connectivity index (χ1) is 10.3. The Bertz CT molecular complexity index is 447. The molecule has 0 aromatic rings. The Labute approximate surface area is 133 Å². The summed E-state index contributed by atoms with van der Waals surface area (Å²) in [6, 6.07) is 0. The molecule has 5 nitrogen and oxygen atoms in total. The van der Waals surface area contributed by atoms with Gasteiger partial charge >= 0.3 is 0 Å². The Kier molecular flexibility index (Phi) is 5.27. The molecule has 1 atom stereocenters. The Balaban J connectivity index is 1.54. The van der Waals surface area contributed by atoms with Gasteiger partial charge in [0.05, 0.1) is 0 Å². The molecule has 2 rings (SSSR count). The van der Waals surface area contributed by atoms with E-state index in [4.69, 9.17) is 0 Å². The number of aliphatic hydroxyl groups is 1. The van der Waals surface area contributed by atoms with Gasteiger partial charge in [0.1, 0.15) is 6.23 Å². The molecule has 0 spiro atoms. The monoisotopic (exact) mass is 308 g/mol. The summed E-state index contributed by atoms with van der Waals surface area (Å²) in [7, 11) is 0. The molecule has 0 aliphatic carbocycles. The van der Waals surface area contributed by atoms with Crippen LogP contribution in [0.25, 0.3) is 0 Å². The lowest BCUT2D eigenvalue weighted by molar-refractivity contribution is -0.140. The van der Waals surface area contributed by atoms with Gasteiger partial charge in [-0.3, -0.25) is 9.59 Å². The van der Waals surface area contributed by atoms with E-state index in [9.17, 15) is 14.7 Å². The molecule has 124 valence electrons. The fraction of sp³-hybridized carbons (Fsp3) is 0.765. The minimum atomic E-state index is -0.774. The van der Waals surface area contributed by atoms with Gasteiger partial charge in [0.2, 0.25) is 11.8 Å².